The third kappa shape index (κ3) is 3.49. The van der Waals surface area contributed by atoms with Crippen molar-refractivity contribution in [2.24, 2.45) is 14.1 Å². The summed E-state index contributed by atoms with van der Waals surface area (Å²) in [7, 11) is 2.78. The van der Waals surface area contributed by atoms with Crippen LogP contribution in [0.25, 0.3) is 0 Å². The average Bonchev–Trinajstić information content (AvgIpc) is 2.67. The van der Waals surface area contributed by atoms with Crippen molar-refractivity contribution in [1.82, 2.24) is 9.13 Å². The molecule has 2 aromatic rings. The molecule has 0 N–H and O–H groups in total. The molecule has 0 atom stereocenters. The third-order valence-electron chi connectivity index (χ3n) is 4.62. The highest BCUT2D eigenvalue weighted by Crippen LogP contribution is 2.27. The molecule has 3 rings (SSSR count). The Kier molecular flexibility index (Phi) is 5.12. The van der Waals surface area contributed by atoms with Crippen LogP contribution in [0.2, 0.25) is 0 Å². The molecular weight excluding hydrogens is 334 g/mol. The molecule has 0 saturated heterocycles. The lowest BCUT2D eigenvalue weighted by Crippen LogP contribution is -2.38. The standard InChI is InChI=1S/C19H21N3O4/c1-21-17(23)16(12-20)18(22(2)19(21)24)26-15-10-8-14(9-11-15)25-13-6-4-3-5-7-13/h8-11,13H,3-7H2,1-2H3. The van der Waals surface area contributed by atoms with Gasteiger partial charge in [-0.2, -0.15) is 5.26 Å². The zero-order valence-corrected chi connectivity index (χ0v) is 14.9. The van der Waals surface area contributed by atoms with Crippen molar-refractivity contribution in [1.29, 1.82) is 5.26 Å². The number of ether oxygens (including phenoxy) is 2. The highest BCUT2D eigenvalue weighted by molar-refractivity contribution is 5.40. The van der Waals surface area contributed by atoms with E-state index >= 15 is 0 Å². The Labute approximate surface area is 151 Å². The van der Waals surface area contributed by atoms with E-state index < -0.39 is 11.2 Å². The van der Waals surface area contributed by atoms with Gasteiger partial charge < -0.3 is 9.47 Å². The monoisotopic (exact) mass is 355 g/mol. The zero-order valence-electron chi connectivity index (χ0n) is 14.9. The van der Waals surface area contributed by atoms with Gasteiger partial charge in [0.15, 0.2) is 5.56 Å². The second-order valence-electron chi connectivity index (χ2n) is 6.45. The molecule has 0 unspecified atom stereocenters. The molecule has 1 saturated carbocycles. The quantitative estimate of drug-likeness (QED) is 0.841. The maximum absolute atomic E-state index is 12.1. The first-order valence-electron chi connectivity index (χ1n) is 8.66. The Hall–Kier alpha value is -3.01. The Morgan fingerprint density at radius 2 is 1.62 bits per heavy atom. The molecule has 26 heavy (non-hydrogen) atoms. The van der Waals surface area contributed by atoms with Crippen molar-refractivity contribution in [2.75, 3.05) is 0 Å². The Balaban J connectivity index is 1.83. The largest absolute Gasteiger partial charge is 0.490 e. The zero-order chi connectivity index (χ0) is 18.7. The molecule has 1 aliphatic carbocycles. The van der Waals surface area contributed by atoms with Crippen LogP contribution in [0.15, 0.2) is 33.9 Å². The number of aromatic nitrogens is 2. The van der Waals surface area contributed by atoms with Crippen molar-refractivity contribution in [3.8, 4) is 23.4 Å². The number of hydrogen-bond donors (Lipinski definition) is 0. The van der Waals surface area contributed by atoms with E-state index in [1.807, 2.05) is 6.07 Å². The molecular formula is C19H21N3O4. The predicted molar refractivity (Wildman–Crippen MR) is 95.7 cm³/mol. The molecule has 1 aromatic heterocycles. The van der Waals surface area contributed by atoms with Crippen molar-refractivity contribution in [3.63, 3.8) is 0 Å². The van der Waals surface area contributed by atoms with Gasteiger partial charge in [-0.15, -0.1) is 0 Å². The van der Waals surface area contributed by atoms with E-state index in [0.29, 0.717) is 5.75 Å². The molecule has 0 aliphatic heterocycles. The van der Waals surface area contributed by atoms with Crippen LogP contribution in [0.3, 0.4) is 0 Å². The summed E-state index contributed by atoms with van der Waals surface area (Å²) in [5, 5.41) is 9.26. The molecule has 1 fully saturated rings. The lowest BCUT2D eigenvalue weighted by Gasteiger charge is -2.23. The van der Waals surface area contributed by atoms with Crippen LogP contribution in [0.5, 0.6) is 17.4 Å². The van der Waals surface area contributed by atoms with Crippen LogP contribution in [-0.4, -0.2) is 15.2 Å². The van der Waals surface area contributed by atoms with Crippen molar-refractivity contribution >= 4 is 0 Å². The predicted octanol–water partition coefficient (Wildman–Crippen LogP) is 2.46. The molecule has 0 radical (unpaired) electrons. The number of rotatable bonds is 4. The molecule has 7 nitrogen and oxygen atoms in total. The fourth-order valence-corrected chi connectivity index (χ4v) is 3.11. The average molecular weight is 355 g/mol. The molecule has 1 aromatic carbocycles. The van der Waals surface area contributed by atoms with Crippen molar-refractivity contribution in [3.05, 3.63) is 50.7 Å². The molecule has 136 valence electrons. The summed E-state index contributed by atoms with van der Waals surface area (Å²) in [4.78, 5) is 24.1. The number of nitrogens with zero attached hydrogens (tertiary/aromatic N) is 3. The Morgan fingerprint density at radius 3 is 2.23 bits per heavy atom. The van der Waals surface area contributed by atoms with E-state index in [1.54, 1.807) is 24.3 Å². The van der Waals surface area contributed by atoms with Gasteiger partial charge in [0.1, 0.15) is 17.6 Å². The second kappa shape index (κ2) is 7.48. The van der Waals surface area contributed by atoms with Gasteiger partial charge in [0, 0.05) is 14.1 Å². The fourth-order valence-electron chi connectivity index (χ4n) is 3.11. The first kappa shape index (κ1) is 17.8. The van der Waals surface area contributed by atoms with Gasteiger partial charge in [-0.3, -0.25) is 13.9 Å². The highest BCUT2D eigenvalue weighted by atomic mass is 16.5. The first-order valence-corrected chi connectivity index (χ1v) is 8.66. The van der Waals surface area contributed by atoms with Crippen LogP contribution in [0, 0.1) is 11.3 Å². The van der Waals surface area contributed by atoms with E-state index in [-0.39, 0.29) is 17.5 Å². The minimum absolute atomic E-state index is 0.0680. The summed E-state index contributed by atoms with van der Waals surface area (Å²) < 4.78 is 13.7. The summed E-state index contributed by atoms with van der Waals surface area (Å²) in [6.45, 7) is 0. The number of nitriles is 1. The van der Waals surface area contributed by atoms with E-state index in [9.17, 15) is 14.9 Å². The minimum Gasteiger partial charge on any atom is -0.490 e. The molecule has 7 heteroatoms. The van der Waals surface area contributed by atoms with Crippen LogP contribution in [0.4, 0.5) is 0 Å². The highest BCUT2D eigenvalue weighted by Gasteiger charge is 2.18. The van der Waals surface area contributed by atoms with Gasteiger partial charge in [0.05, 0.1) is 6.10 Å². The van der Waals surface area contributed by atoms with Crippen molar-refractivity contribution < 1.29 is 9.47 Å². The molecule has 1 heterocycles. The second-order valence-corrected chi connectivity index (χ2v) is 6.45. The minimum atomic E-state index is -0.678. The van der Waals surface area contributed by atoms with Crippen LogP contribution < -0.4 is 20.7 Å². The molecule has 0 bridgehead atoms. The van der Waals surface area contributed by atoms with Gasteiger partial charge in [0.25, 0.3) is 5.56 Å². The maximum Gasteiger partial charge on any atom is 0.333 e. The SMILES string of the molecule is Cn1c(Oc2ccc(OC3CCCCC3)cc2)c(C#N)c(=O)n(C)c1=O. The van der Waals surface area contributed by atoms with Crippen LogP contribution >= 0.6 is 0 Å². The summed E-state index contributed by atoms with van der Waals surface area (Å²) in [6, 6.07) is 8.78. The van der Waals surface area contributed by atoms with E-state index in [0.717, 1.165) is 27.7 Å². The number of hydrogen-bond acceptors (Lipinski definition) is 5. The molecule has 1 aliphatic rings. The summed E-state index contributed by atoms with van der Waals surface area (Å²) in [5.41, 5.74) is -1.44. The molecule has 0 spiro atoms. The Bertz CT molecular complexity index is 945. The van der Waals surface area contributed by atoms with E-state index in [2.05, 4.69) is 0 Å². The summed E-state index contributed by atoms with van der Waals surface area (Å²) in [6.07, 6.45) is 6.04. The summed E-state index contributed by atoms with van der Waals surface area (Å²) in [5.74, 6) is 1.10. The van der Waals surface area contributed by atoms with E-state index in [1.165, 1.54) is 33.4 Å². The van der Waals surface area contributed by atoms with Gasteiger partial charge in [-0.1, -0.05) is 6.42 Å². The lowest BCUT2D eigenvalue weighted by atomic mass is 9.98. The van der Waals surface area contributed by atoms with Crippen LogP contribution in [0.1, 0.15) is 37.7 Å². The van der Waals surface area contributed by atoms with E-state index in [4.69, 9.17) is 9.47 Å². The lowest BCUT2D eigenvalue weighted by molar-refractivity contribution is 0.155. The Morgan fingerprint density at radius 1 is 1.00 bits per heavy atom. The third-order valence-corrected chi connectivity index (χ3v) is 4.62. The molecule has 0 amide bonds. The summed E-state index contributed by atoms with van der Waals surface area (Å²) >= 11 is 0. The smallest absolute Gasteiger partial charge is 0.333 e. The van der Waals surface area contributed by atoms with Gasteiger partial charge in [0.2, 0.25) is 5.88 Å². The number of benzene rings is 1. The topological polar surface area (TPSA) is 86.2 Å². The van der Waals surface area contributed by atoms with Gasteiger partial charge >= 0.3 is 5.69 Å². The van der Waals surface area contributed by atoms with Gasteiger partial charge in [-0.25, -0.2) is 4.79 Å². The first-order chi connectivity index (χ1) is 12.5. The van der Waals surface area contributed by atoms with Gasteiger partial charge in [-0.05, 0) is 49.9 Å². The fraction of sp³-hybridized carbons (Fsp3) is 0.421. The maximum atomic E-state index is 12.1. The van der Waals surface area contributed by atoms with Crippen LogP contribution in [-0.2, 0) is 14.1 Å². The van der Waals surface area contributed by atoms with Crippen molar-refractivity contribution in [2.45, 2.75) is 38.2 Å². The normalized spacial score (nSPS) is 14.7.